The molecule has 0 amide bonds. The molecule has 0 aliphatic carbocycles. The third-order valence-electron chi connectivity index (χ3n) is 3.42. The van der Waals surface area contributed by atoms with E-state index in [0.717, 1.165) is 6.42 Å². The minimum absolute atomic E-state index is 0.220. The predicted molar refractivity (Wildman–Crippen MR) is 90.1 cm³/mol. The molecule has 0 atom stereocenters. The number of hydrogen-bond donors (Lipinski definition) is 2. The molecule has 1 rings (SSSR count). The summed E-state index contributed by atoms with van der Waals surface area (Å²) >= 11 is 0. The van der Waals surface area contributed by atoms with Crippen LogP contribution in [0.2, 0.25) is 0 Å². The highest BCUT2D eigenvalue weighted by Crippen LogP contribution is 2.09. The number of unbranched alkanes of at least 4 members (excludes halogenated alkanes) is 9. The van der Waals surface area contributed by atoms with E-state index in [1.54, 1.807) is 6.07 Å². The van der Waals surface area contributed by atoms with Gasteiger partial charge < -0.3 is 10.2 Å². The SMILES string of the molecule is CCCCCCCCCCCCO.O=C(O)c1cccnc1. The normalized spacial score (nSPS) is 9.91. The van der Waals surface area contributed by atoms with E-state index in [4.69, 9.17) is 10.2 Å². The molecule has 0 unspecified atom stereocenters. The highest BCUT2D eigenvalue weighted by molar-refractivity contribution is 5.86. The van der Waals surface area contributed by atoms with Crippen molar-refractivity contribution in [3.8, 4) is 0 Å². The monoisotopic (exact) mass is 309 g/mol. The molecule has 1 heterocycles. The van der Waals surface area contributed by atoms with Crippen molar-refractivity contribution in [3.63, 3.8) is 0 Å². The van der Waals surface area contributed by atoms with Crippen LogP contribution in [0.15, 0.2) is 24.5 Å². The van der Waals surface area contributed by atoms with Gasteiger partial charge >= 0.3 is 5.97 Å². The second kappa shape index (κ2) is 16.0. The third kappa shape index (κ3) is 13.6. The standard InChI is InChI=1S/C12H26O.C6H5NO2/c1-2-3-4-5-6-7-8-9-10-11-12-13;8-6(9)5-2-1-3-7-4-5/h13H,2-12H2,1H3;1-4H,(H,8,9). The van der Waals surface area contributed by atoms with Gasteiger partial charge in [-0.25, -0.2) is 4.79 Å². The number of aliphatic hydroxyl groups is 1. The lowest BCUT2D eigenvalue weighted by Gasteiger charge is -2.00. The van der Waals surface area contributed by atoms with Gasteiger partial charge in [0.1, 0.15) is 0 Å². The first-order valence-corrected chi connectivity index (χ1v) is 8.46. The van der Waals surface area contributed by atoms with Crippen LogP contribution in [0.1, 0.15) is 81.5 Å². The van der Waals surface area contributed by atoms with Gasteiger partial charge in [0.25, 0.3) is 0 Å². The van der Waals surface area contributed by atoms with Crippen molar-refractivity contribution in [2.45, 2.75) is 71.1 Å². The summed E-state index contributed by atoms with van der Waals surface area (Å²) in [5, 5.41) is 16.9. The summed E-state index contributed by atoms with van der Waals surface area (Å²) < 4.78 is 0. The number of rotatable bonds is 11. The van der Waals surface area contributed by atoms with E-state index in [0.29, 0.717) is 6.61 Å². The maximum atomic E-state index is 10.2. The quantitative estimate of drug-likeness (QED) is 0.582. The number of aromatic nitrogens is 1. The van der Waals surface area contributed by atoms with E-state index in [1.807, 2.05) is 0 Å². The predicted octanol–water partition coefficient (Wildman–Crippen LogP) is 4.68. The molecule has 1 aromatic heterocycles. The fourth-order valence-electron chi connectivity index (χ4n) is 2.09. The summed E-state index contributed by atoms with van der Waals surface area (Å²) in [7, 11) is 0. The Hall–Kier alpha value is -1.42. The van der Waals surface area contributed by atoms with E-state index < -0.39 is 5.97 Å². The molecule has 0 aliphatic rings. The van der Waals surface area contributed by atoms with Crippen molar-refractivity contribution in [2.24, 2.45) is 0 Å². The molecule has 2 N–H and O–H groups in total. The second-order valence-electron chi connectivity index (χ2n) is 5.45. The molecule has 0 radical (unpaired) electrons. The first-order chi connectivity index (χ1) is 10.7. The molecule has 0 saturated heterocycles. The van der Waals surface area contributed by atoms with Crippen LogP contribution in [0.4, 0.5) is 0 Å². The Morgan fingerprint density at radius 3 is 1.91 bits per heavy atom. The molecule has 22 heavy (non-hydrogen) atoms. The number of aromatic carboxylic acids is 1. The van der Waals surface area contributed by atoms with Crippen LogP contribution in [0.5, 0.6) is 0 Å². The van der Waals surface area contributed by atoms with E-state index in [2.05, 4.69) is 11.9 Å². The lowest BCUT2D eigenvalue weighted by Crippen LogP contribution is -1.94. The average molecular weight is 309 g/mol. The average Bonchev–Trinajstić information content (AvgIpc) is 2.55. The van der Waals surface area contributed by atoms with Gasteiger partial charge in [0.2, 0.25) is 0 Å². The molecule has 0 bridgehead atoms. The lowest BCUT2D eigenvalue weighted by atomic mass is 10.1. The number of nitrogens with zero attached hydrogens (tertiary/aromatic N) is 1. The molecular formula is C18H31NO3. The Balaban J connectivity index is 0.000000425. The summed E-state index contributed by atoms with van der Waals surface area (Å²) in [5.41, 5.74) is 0.220. The van der Waals surface area contributed by atoms with Crippen molar-refractivity contribution in [1.29, 1.82) is 0 Å². The Morgan fingerprint density at radius 2 is 1.55 bits per heavy atom. The Labute approximate surface area is 134 Å². The van der Waals surface area contributed by atoms with E-state index in [-0.39, 0.29) is 5.56 Å². The summed E-state index contributed by atoms with van der Waals surface area (Å²) in [6.45, 7) is 2.63. The zero-order valence-corrected chi connectivity index (χ0v) is 13.8. The molecule has 1 aromatic rings. The molecule has 4 heteroatoms. The largest absolute Gasteiger partial charge is 0.478 e. The summed E-state index contributed by atoms with van der Waals surface area (Å²) in [5.74, 6) is -0.942. The molecule has 126 valence electrons. The first kappa shape index (κ1) is 20.6. The van der Waals surface area contributed by atoms with Crippen molar-refractivity contribution >= 4 is 5.97 Å². The Bertz CT molecular complexity index is 345. The van der Waals surface area contributed by atoms with Crippen LogP contribution in [0.25, 0.3) is 0 Å². The van der Waals surface area contributed by atoms with E-state index in [9.17, 15) is 4.79 Å². The fraction of sp³-hybridized carbons (Fsp3) is 0.667. The molecule has 0 aliphatic heterocycles. The van der Waals surface area contributed by atoms with Crippen LogP contribution in [-0.2, 0) is 0 Å². The van der Waals surface area contributed by atoms with Crippen molar-refractivity contribution in [3.05, 3.63) is 30.1 Å². The molecular weight excluding hydrogens is 278 g/mol. The van der Waals surface area contributed by atoms with Crippen LogP contribution in [-0.4, -0.2) is 27.8 Å². The van der Waals surface area contributed by atoms with Crippen LogP contribution >= 0.6 is 0 Å². The smallest absolute Gasteiger partial charge is 0.337 e. The van der Waals surface area contributed by atoms with Crippen molar-refractivity contribution < 1.29 is 15.0 Å². The Kier molecular flexibility index (Phi) is 14.9. The Morgan fingerprint density at radius 1 is 1.00 bits per heavy atom. The number of aliphatic hydroxyl groups excluding tert-OH is 1. The third-order valence-corrected chi connectivity index (χ3v) is 3.42. The number of carboxylic acid groups (broad SMARTS) is 1. The minimum Gasteiger partial charge on any atom is -0.478 e. The lowest BCUT2D eigenvalue weighted by molar-refractivity contribution is 0.0696. The van der Waals surface area contributed by atoms with Crippen LogP contribution < -0.4 is 0 Å². The maximum Gasteiger partial charge on any atom is 0.337 e. The fourth-order valence-corrected chi connectivity index (χ4v) is 2.09. The zero-order valence-electron chi connectivity index (χ0n) is 13.8. The first-order valence-electron chi connectivity index (χ1n) is 8.46. The highest BCUT2D eigenvalue weighted by atomic mass is 16.4. The van der Waals surface area contributed by atoms with Crippen LogP contribution in [0, 0.1) is 0 Å². The number of carboxylic acids is 1. The zero-order chi connectivity index (χ0) is 16.5. The van der Waals surface area contributed by atoms with Gasteiger partial charge in [-0.1, -0.05) is 64.7 Å². The maximum absolute atomic E-state index is 10.2. The number of hydrogen-bond acceptors (Lipinski definition) is 3. The van der Waals surface area contributed by atoms with Gasteiger partial charge in [0.15, 0.2) is 0 Å². The van der Waals surface area contributed by atoms with E-state index >= 15 is 0 Å². The molecule has 4 nitrogen and oxygen atoms in total. The van der Waals surface area contributed by atoms with Crippen molar-refractivity contribution in [2.75, 3.05) is 6.61 Å². The topological polar surface area (TPSA) is 70.4 Å². The number of pyridine rings is 1. The van der Waals surface area contributed by atoms with Gasteiger partial charge in [0.05, 0.1) is 5.56 Å². The second-order valence-corrected chi connectivity index (χ2v) is 5.45. The molecule has 0 spiro atoms. The summed E-state index contributed by atoms with van der Waals surface area (Å²) in [6.07, 6.45) is 16.1. The van der Waals surface area contributed by atoms with Gasteiger partial charge in [-0.3, -0.25) is 4.98 Å². The summed E-state index contributed by atoms with van der Waals surface area (Å²) in [6, 6.07) is 3.08. The summed E-state index contributed by atoms with van der Waals surface area (Å²) in [4.78, 5) is 13.8. The highest BCUT2D eigenvalue weighted by Gasteiger charge is 1.97. The van der Waals surface area contributed by atoms with E-state index in [1.165, 1.54) is 76.2 Å². The van der Waals surface area contributed by atoms with Crippen molar-refractivity contribution in [1.82, 2.24) is 4.98 Å². The van der Waals surface area contributed by atoms with Gasteiger partial charge in [-0.2, -0.15) is 0 Å². The molecule has 0 fully saturated rings. The van der Waals surface area contributed by atoms with Gasteiger partial charge in [-0.15, -0.1) is 0 Å². The molecule has 0 aromatic carbocycles. The minimum atomic E-state index is -0.942. The van der Waals surface area contributed by atoms with Crippen LogP contribution in [0.3, 0.4) is 0 Å². The van der Waals surface area contributed by atoms with Gasteiger partial charge in [-0.05, 0) is 18.6 Å². The molecule has 0 saturated carbocycles. The number of carbonyl (C=O) groups is 1. The van der Waals surface area contributed by atoms with Gasteiger partial charge in [0, 0.05) is 19.0 Å².